The van der Waals surface area contributed by atoms with E-state index >= 15 is 0 Å². The maximum Gasteiger partial charge on any atom is 0.416 e. The highest BCUT2D eigenvalue weighted by Gasteiger charge is 2.30. The Morgan fingerprint density at radius 1 is 1.03 bits per heavy atom. The SMILES string of the molecule is COc1cccc(CN2CCN(C(C)Cc3cccc(C(F)(F)F)c3)CCC2=O)c1. The van der Waals surface area contributed by atoms with E-state index in [9.17, 15) is 18.0 Å². The summed E-state index contributed by atoms with van der Waals surface area (Å²) in [5, 5.41) is 0. The topological polar surface area (TPSA) is 32.8 Å². The van der Waals surface area contributed by atoms with Crippen LogP contribution in [0, 0.1) is 0 Å². The van der Waals surface area contributed by atoms with Crippen molar-refractivity contribution < 1.29 is 22.7 Å². The lowest BCUT2D eigenvalue weighted by atomic mass is 10.0. The molecule has 2 aromatic rings. The van der Waals surface area contributed by atoms with E-state index in [0.717, 1.165) is 17.4 Å². The summed E-state index contributed by atoms with van der Waals surface area (Å²) in [6.45, 7) is 4.40. The van der Waals surface area contributed by atoms with Gasteiger partial charge in [-0.1, -0.05) is 30.3 Å². The van der Waals surface area contributed by atoms with Crippen LogP contribution in [0.2, 0.25) is 0 Å². The van der Waals surface area contributed by atoms with Crippen molar-refractivity contribution in [1.29, 1.82) is 0 Å². The van der Waals surface area contributed by atoms with Crippen LogP contribution in [-0.2, 0) is 23.9 Å². The van der Waals surface area contributed by atoms with Crippen molar-refractivity contribution >= 4 is 5.91 Å². The molecular weight excluding hydrogens is 393 g/mol. The molecule has 1 saturated heterocycles. The number of alkyl halides is 3. The van der Waals surface area contributed by atoms with Crippen LogP contribution in [0.15, 0.2) is 48.5 Å². The van der Waals surface area contributed by atoms with Crippen molar-refractivity contribution in [2.75, 3.05) is 26.7 Å². The maximum atomic E-state index is 13.0. The fraction of sp³-hybridized carbons (Fsp3) is 0.435. The lowest BCUT2D eigenvalue weighted by Gasteiger charge is -2.28. The van der Waals surface area contributed by atoms with Gasteiger partial charge in [-0.2, -0.15) is 13.2 Å². The molecule has 0 radical (unpaired) electrons. The van der Waals surface area contributed by atoms with E-state index < -0.39 is 11.7 Å². The van der Waals surface area contributed by atoms with Crippen LogP contribution in [0.1, 0.15) is 30.0 Å². The molecule has 1 heterocycles. The number of hydrogen-bond acceptors (Lipinski definition) is 3. The number of carbonyl (C=O) groups excluding carboxylic acids is 1. The van der Waals surface area contributed by atoms with Gasteiger partial charge < -0.3 is 9.64 Å². The van der Waals surface area contributed by atoms with Gasteiger partial charge in [0.05, 0.1) is 12.7 Å². The van der Waals surface area contributed by atoms with Crippen molar-refractivity contribution in [3.8, 4) is 5.75 Å². The zero-order valence-electron chi connectivity index (χ0n) is 17.3. The molecule has 0 aromatic heterocycles. The zero-order valence-corrected chi connectivity index (χ0v) is 17.3. The van der Waals surface area contributed by atoms with E-state index in [2.05, 4.69) is 4.90 Å². The third-order valence-electron chi connectivity index (χ3n) is 5.54. The average Bonchev–Trinajstić information content (AvgIpc) is 2.90. The highest BCUT2D eigenvalue weighted by atomic mass is 19.4. The molecule has 0 saturated carbocycles. The number of benzene rings is 2. The molecule has 0 aliphatic carbocycles. The predicted octanol–water partition coefficient (Wildman–Crippen LogP) is 4.38. The van der Waals surface area contributed by atoms with Crippen molar-refractivity contribution in [3.05, 3.63) is 65.2 Å². The zero-order chi connectivity index (χ0) is 21.7. The van der Waals surface area contributed by atoms with E-state index in [0.29, 0.717) is 44.6 Å². The molecule has 1 aliphatic rings. The summed E-state index contributed by atoms with van der Waals surface area (Å²) in [7, 11) is 1.61. The van der Waals surface area contributed by atoms with Crippen LogP contribution in [0.25, 0.3) is 0 Å². The summed E-state index contributed by atoms with van der Waals surface area (Å²) < 4.78 is 44.1. The molecule has 1 amide bonds. The number of methoxy groups -OCH3 is 1. The lowest BCUT2D eigenvalue weighted by Crippen LogP contribution is -2.38. The largest absolute Gasteiger partial charge is 0.497 e. The van der Waals surface area contributed by atoms with Crippen molar-refractivity contribution in [1.82, 2.24) is 9.80 Å². The molecule has 4 nitrogen and oxygen atoms in total. The maximum absolute atomic E-state index is 13.0. The molecule has 7 heteroatoms. The first-order valence-electron chi connectivity index (χ1n) is 10.1. The summed E-state index contributed by atoms with van der Waals surface area (Å²) in [6.07, 6.45) is -3.43. The molecule has 2 aromatic carbocycles. The minimum atomic E-state index is -4.34. The molecule has 162 valence electrons. The number of amides is 1. The minimum absolute atomic E-state index is 0.0399. The van der Waals surface area contributed by atoms with Gasteiger partial charge in [0.25, 0.3) is 0 Å². The number of carbonyl (C=O) groups is 1. The Morgan fingerprint density at radius 2 is 1.77 bits per heavy atom. The van der Waals surface area contributed by atoms with Crippen LogP contribution in [-0.4, -0.2) is 48.5 Å². The Labute approximate surface area is 175 Å². The van der Waals surface area contributed by atoms with Gasteiger partial charge in [0.1, 0.15) is 5.75 Å². The Kier molecular flexibility index (Phi) is 7.02. The average molecular weight is 420 g/mol. The summed E-state index contributed by atoms with van der Waals surface area (Å²) in [4.78, 5) is 16.6. The Morgan fingerprint density at radius 3 is 2.50 bits per heavy atom. The molecular formula is C23H27F3N2O2. The smallest absolute Gasteiger partial charge is 0.416 e. The normalized spacial score (nSPS) is 17.0. The molecule has 0 bridgehead atoms. The second-order valence-electron chi connectivity index (χ2n) is 7.70. The monoisotopic (exact) mass is 420 g/mol. The van der Waals surface area contributed by atoms with Gasteiger partial charge in [-0.15, -0.1) is 0 Å². The third-order valence-corrected chi connectivity index (χ3v) is 5.54. The fourth-order valence-corrected chi connectivity index (χ4v) is 3.83. The molecule has 1 atom stereocenters. The summed E-state index contributed by atoms with van der Waals surface area (Å²) in [5.41, 5.74) is 1.04. The highest BCUT2D eigenvalue weighted by Crippen LogP contribution is 2.30. The quantitative estimate of drug-likeness (QED) is 0.695. The minimum Gasteiger partial charge on any atom is -0.497 e. The van der Waals surface area contributed by atoms with Gasteiger partial charge in [0.15, 0.2) is 0 Å². The molecule has 3 rings (SSSR count). The lowest BCUT2D eigenvalue weighted by molar-refractivity contribution is -0.137. The third kappa shape index (κ3) is 5.75. The van der Waals surface area contributed by atoms with Crippen molar-refractivity contribution in [2.24, 2.45) is 0 Å². The van der Waals surface area contributed by atoms with Crippen LogP contribution in [0.5, 0.6) is 5.75 Å². The summed E-state index contributed by atoms with van der Waals surface area (Å²) in [6, 6.07) is 13.2. The first kappa shape index (κ1) is 22.2. The van der Waals surface area contributed by atoms with E-state index in [1.807, 2.05) is 36.1 Å². The number of nitrogens with zero attached hydrogens (tertiary/aromatic N) is 2. The Hall–Kier alpha value is -2.54. The molecule has 1 fully saturated rings. The first-order valence-corrected chi connectivity index (χ1v) is 10.1. The summed E-state index contributed by atoms with van der Waals surface area (Å²) >= 11 is 0. The van der Waals surface area contributed by atoms with Crippen molar-refractivity contribution in [3.63, 3.8) is 0 Å². The molecule has 1 unspecified atom stereocenters. The van der Waals surface area contributed by atoms with Gasteiger partial charge in [-0.05, 0) is 42.7 Å². The van der Waals surface area contributed by atoms with Crippen LogP contribution in [0.4, 0.5) is 13.2 Å². The van der Waals surface area contributed by atoms with Crippen LogP contribution in [0.3, 0.4) is 0 Å². The van der Waals surface area contributed by atoms with E-state index in [1.165, 1.54) is 12.1 Å². The molecule has 1 aliphatic heterocycles. The second kappa shape index (κ2) is 9.51. The van der Waals surface area contributed by atoms with Gasteiger partial charge in [0.2, 0.25) is 5.91 Å². The van der Waals surface area contributed by atoms with Gasteiger partial charge in [0, 0.05) is 38.6 Å². The Bertz CT molecular complexity index is 870. The highest BCUT2D eigenvalue weighted by molar-refractivity contribution is 5.76. The van der Waals surface area contributed by atoms with Gasteiger partial charge in [-0.25, -0.2) is 0 Å². The molecule has 30 heavy (non-hydrogen) atoms. The summed E-state index contributed by atoms with van der Waals surface area (Å²) in [5.74, 6) is 0.845. The van der Waals surface area contributed by atoms with E-state index in [-0.39, 0.29) is 11.9 Å². The molecule has 0 spiro atoms. The Balaban J connectivity index is 1.61. The van der Waals surface area contributed by atoms with E-state index in [1.54, 1.807) is 13.2 Å². The first-order chi connectivity index (χ1) is 14.3. The van der Waals surface area contributed by atoms with Crippen LogP contribution >= 0.6 is 0 Å². The van der Waals surface area contributed by atoms with Crippen molar-refractivity contribution in [2.45, 2.75) is 38.5 Å². The standard InChI is InChI=1S/C23H27F3N2O2/c1-17(13-18-5-3-7-20(14-18)23(24,25)26)27-10-9-22(29)28(12-11-27)16-19-6-4-8-21(15-19)30-2/h3-8,14-15,17H,9-13,16H2,1-2H3. The number of hydrogen-bond donors (Lipinski definition) is 0. The number of ether oxygens (including phenoxy) is 1. The van der Waals surface area contributed by atoms with Crippen LogP contribution < -0.4 is 4.74 Å². The second-order valence-corrected chi connectivity index (χ2v) is 7.70. The number of rotatable bonds is 6. The van der Waals surface area contributed by atoms with Gasteiger partial charge >= 0.3 is 6.18 Å². The number of halogens is 3. The fourth-order valence-electron chi connectivity index (χ4n) is 3.83. The predicted molar refractivity (Wildman–Crippen MR) is 109 cm³/mol. The molecule has 0 N–H and O–H groups in total. The van der Waals surface area contributed by atoms with Gasteiger partial charge in [-0.3, -0.25) is 9.69 Å². The van der Waals surface area contributed by atoms with E-state index in [4.69, 9.17) is 4.74 Å².